The van der Waals surface area contributed by atoms with Crippen LogP contribution in [0.3, 0.4) is 0 Å². The molecule has 0 saturated heterocycles. The number of benzene rings is 1. The normalized spacial score (nSPS) is 12.7. The molecular formula is C17H12ClF3N6O2. The molecule has 0 saturated carbocycles. The van der Waals surface area contributed by atoms with Crippen molar-refractivity contribution < 1.29 is 22.6 Å². The number of hydrogen-bond acceptors (Lipinski definition) is 8. The average molecular weight is 425 g/mol. The van der Waals surface area contributed by atoms with Gasteiger partial charge in [-0.3, -0.25) is 0 Å². The van der Waals surface area contributed by atoms with E-state index in [9.17, 15) is 13.2 Å². The van der Waals surface area contributed by atoms with Gasteiger partial charge in [-0.2, -0.15) is 13.2 Å². The maximum absolute atomic E-state index is 12.7. The first kappa shape index (κ1) is 18.9. The Bertz CT molecular complexity index is 1080. The summed E-state index contributed by atoms with van der Waals surface area (Å²) in [7, 11) is 0. The minimum atomic E-state index is -4.55. The fraction of sp³-hybridized carbons (Fsp3) is 0.118. The number of nitrogen functional groups attached to an aromatic ring is 1. The highest BCUT2D eigenvalue weighted by molar-refractivity contribution is 6.33. The highest BCUT2D eigenvalue weighted by Crippen LogP contribution is 2.37. The zero-order valence-corrected chi connectivity index (χ0v) is 15.2. The Morgan fingerprint density at radius 1 is 0.966 bits per heavy atom. The van der Waals surface area contributed by atoms with Crippen molar-refractivity contribution in [3.05, 3.63) is 47.4 Å². The highest BCUT2D eigenvalue weighted by Gasteiger charge is 2.31. The van der Waals surface area contributed by atoms with E-state index in [1.165, 1.54) is 6.33 Å². The van der Waals surface area contributed by atoms with Crippen LogP contribution in [0.2, 0.25) is 5.02 Å². The fourth-order valence-electron chi connectivity index (χ4n) is 2.50. The Kier molecular flexibility index (Phi) is 4.66. The number of halogens is 4. The van der Waals surface area contributed by atoms with Crippen LogP contribution in [0.5, 0.6) is 11.5 Å². The second kappa shape index (κ2) is 7.17. The largest absolute Gasteiger partial charge is 0.454 e. The van der Waals surface area contributed by atoms with Gasteiger partial charge in [0.1, 0.15) is 17.8 Å². The van der Waals surface area contributed by atoms with Crippen molar-refractivity contribution in [1.82, 2.24) is 15.0 Å². The fourth-order valence-corrected chi connectivity index (χ4v) is 2.72. The standard InChI is InChI=1S/C17H12ClF3N6O2/c18-10-3-8(17(19,20)21)5-23-14(10)27-16-13(22)15(24-6-25-16)26-9-1-2-11-12(4-9)29-7-28-11/h1-6H,7,22H2,(H2,23,24,25,26,27). The minimum Gasteiger partial charge on any atom is -0.454 e. The van der Waals surface area contributed by atoms with E-state index in [4.69, 9.17) is 26.8 Å². The van der Waals surface area contributed by atoms with Crippen molar-refractivity contribution in [3.63, 3.8) is 0 Å². The molecule has 4 rings (SSSR count). The first-order valence-electron chi connectivity index (χ1n) is 8.08. The van der Waals surface area contributed by atoms with Crippen LogP contribution < -0.4 is 25.8 Å². The van der Waals surface area contributed by atoms with Crippen LogP contribution in [0.25, 0.3) is 0 Å². The topological polar surface area (TPSA) is 107 Å². The predicted octanol–water partition coefficient (Wildman–Crippen LogP) is 4.34. The number of nitrogens with one attached hydrogen (secondary N) is 2. The molecule has 0 aliphatic carbocycles. The molecule has 1 aliphatic heterocycles. The van der Waals surface area contributed by atoms with Gasteiger partial charge in [-0.25, -0.2) is 15.0 Å². The molecule has 1 aliphatic rings. The third kappa shape index (κ3) is 3.90. The van der Waals surface area contributed by atoms with Crippen LogP contribution in [0.1, 0.15) is 5.56 Å². The number of nitrogens with two attached hydrogens (primary N) is 1. The summed E-state index contributed by atoms with van der Waals surface area (Å²) in [6.45, 7) is 0.142. The minimum absolute atomic E-state index is 0.0286. The van der Waals surface area contributed by atoms with E-state index in [0.29, 0.717) is 23.4 Å². The van der Waals surface area contributed by atoms with Crippen molar-refractivity contribution in [3.8, 4) is 11.5 Å². The molecule has 12 heteroatoms. The molecule has 150 valence electrons. The number of rotatable bonds is 4. The van der Waals surface area contributed by atoms with Gasteiger partial charge in [0, 0.05) is 18.0 Å². The Hall–Kier alpha value is -3.47. The van der Waals surface area contributed by atoms with E-state index in [1.54, 1.807) is 18.2 Å². The number of aromatic nitrogens is 3. The number of pyridine rings is 1. The molecule has 0 bridgehead atoms. The maximum atomic E-state index is 12.7. The van der Waals surface area contributed by atoms with Gasteiger partial charge in [0.2, 0.25) is 6.79 Å². The number of nitrogens with zero attached hydrogens (tertiary/aromatic N) is 3. The van der Waals surface area contributed by atoms with Crippen molar-refractivity contribution in [1.29, 1.82) is 0 Å². The molecule has 0 fully saturated rings. The van der Waals surface area contributed by atoms with Gasteiger partial charge in [-0.1, -0.05) is 11.6 Å². The molecule has 3 aromatic rings. The first-order valence-corrected chi connectivity index (χ1v) is 8.46. The van der Waals surface area contributed by atoms with Crippen LogP contribution >= 0.6 is 11.6 Å². The SMILES string of the molecule is Nc1c(Nc2ccc3c(c2)OCO3)ncnc1Nc1ncc(C(F)(F)F)cc1Cl. The molecule has 0 radical (unpaired) electrons. The zero-order chi connectivity index (χ0) is 20.6. The third-order valence-electron chi connectivity index (χ3n) is 3.92. The van der Waals surface area contributed by atoms with Crippen molar-refractivity contribution in [2.45, 2.75) is 6.18 Å². The van der Waals surface area contributed by atoms with Crippen LogP contribution in [0, 0.1) is 0 Å². The van der Waals surface area contributed by atoms with Gasteiger partial charge >= 0.3 is 6.18 Å². The molecular weight excluding hydrogens is 413 g/mol. The Morgan fingerprint density at radius 3 is 2.41 bits per heavy atom. The van der Waals surface area contributed by atoms with E-state index < -0.39 is 11.7 Å². The van der Waals surface area contributed by atoms with Gasteiger partial charge in [0.15, 0.2) is 23.1 Å². The molecule has 29 heavy (non-hydrogen) atoms. The van der Waals surface area contributed by atoms with E-state index in [1.807, 2.05) is 0 Å². The molecule has 0 spiro atoms. The van der Waals surface area contributed by atoms with Crippen molar-refractivity contribution in [2.75, 3.05) is 23.2 Å². The molecule has 0 amide bonds. The van der Waals surface area contributed by atoms with E-state index in [-0.39, 0.29) is 35.0 Å². The van der Waals surface area contributed by atoms with Crippen LogP contribution in [0.15, 0.2) is 36.8 Å². The lowest BCUT2D eigenvalue weighted by Crippen LogP contribution is -2.08. The molecule has 1 aromatic carbocycles. The number of ether oxygens (including phenoxy) is 2. The quantitative estimate of drug-likeness (QED) is 0.567. The van der Waals surface area contributed by atoms with E-state index >= 15 is 0 Å². The maximum Gasteiger partial charge on any atom is 0.417 e. The van der Waals surface area contributed by atoms with Gasteiger partial charge in [-0.15, -0.1) is 0 Å². The molecule has 0 atom stereocenters. The van der Waals surface area contributed by atoms with Gasteiger partial charge < -0.3 is 25.8 Å². The summed E-state index contributed by atoms with van der Waals surface area (Å²) in [6, 6.07) is 5.95. The van der Waals surface area contributed by atoms with Crippen molar-refractivity contribution >= 4 is 40.4 Å². The van der Waals surface area contributed by atoms with Crippen molar-refractivity contribution in [2.24, 2.45) is 0 Å². The molecule has 4 N–H and O–H groups in total. The number of fused-ring (bicyclic) bond motifs is 1. The summed E-state index contributed by atoms with van der Waals surface area (Å²) < 4.78 is 48.8. The first-order chi connectivity index (χ1) is 13.8. The molecule has 8 nitrogen and oxygen atoms in total. The third-order valence-corrected chi connectivity index (χ3v) is 4.21. The lowest BCUT2D eigenvalue weighted by atomic mass is 10.2. The van der Waals surface area contributed by atoms with Gasteiger partial charge in [-0.05, 0) is 18.2 Å². The van der Waals surface area contributed by atoms with Crippen LogP contribution in [-0.4, -0.2) is 21.7 Å². The smallest absolute Gasteiger partial charge is 0.417 e. The summed E-state index contributed by atoms with van der Waals surface area (Å²) in [6.07, 6.45) is -2.66. The van der Waals surface area contributed by atoms with Gasteiger partial charge in [0.25, 0.3) is 0 Å². The Labute approximate surface area is 166 Å². The second-order valence-electron chi connectivity index (χ2n) is 5.85. The lowest BCUT2D eigenvalue weighted by Gasteiger charge is -2.14. The predicted molar refractivity (Wildman–Crippen MR) is 99.8 cm³/mol. The summed E-state index contributed by atoms with van der Waals surface area (Å²) in [5.74, 6) is 1.55. The molecule has 0 unspecified atom stereocenters. The lowest BCUT2D eigenvalue weighted by molar-refractivity contribution is -0.137. The monoisotopic (exact) mass is 424 g/mol. The summed E-state index contributed by atoms with van der Waals surface area (Å²) in [5.41, 5.74) is 5.87. The summed E-state index contributed by atoms with van der Waals surface area (Å²) in [4.78, 5) is 11.8. The Morgan fingerprint density at radius 2 is 1.69 bits per heavy atom. The average Bonchev–Trinajstić information content (AvgIpc) is 3.13. The number of alkyl halides is 3. The number of hydrogen-bond donors (Lipinski definition) is 3. The molecule has 2 aromatic heterocycles. The van der Waals surface area contributed by atoms with E-state index in [2.05, 4.69) is 25.6 Å². The highest BCUT2D eigenvalue weighted by atomic mass is 35.5. The van der Waals surface area contributed by atoms with E-state index in [0.717, 1.165) is 6.07 Å². The van der Waals surface area contributed by atoms with Gasteiger partial charge in [0.05, 0.1) is 10.6 Å². The van der Waals surface area contributed by atoms with Crippen LogP contribution in [-0.2, 0) is 6.18 Å². The summed E-state index contributed by atoms with van der Waals surface area (Å²) in [5, 5.41) is 5.50. The summed E-state index contributed by atoms with van der Waals surface area (Å²) >= 11 is 5.91. The second-order valence-corrected chi connectivity index (χ2v) is 6.26. The van der Waals surface area contributed by atoms with Crippen LogP contribution in [0.4, 0.5) is 42.0 Å². The molecule has 3 heterocycles. The number of anilines is 5. The Balaban J connectivity index is 1.57. The zero-order valence-electron chi connectivity index (χ0n) is 14.4.